The van der Waals surface area contributed by atoms with Gasteiger partial charge in [0.05, 0.1) is 5.41 Å². The standard InChI is InChI=1S/C51H45N/c1-5-18-39(7-3)51(40-22-12-9-13-23-40)48-26-16-14-25-46(48)47-33-31-42(35-49(47)51)52(50-27-17-15-24-45(50)37-20-10-8-11-21-37)41-30-32-44-38(34-41)29-28-36(4)43(44)19-6-2/h5-20,22-35,37H,21H2,1-4H3/b18-5-,19-6-,39-7+. The highest BCUT2D eigenvalue weighted by Crippen LogP contribution is 2.58. The van der Waals surface area contributed by atoms with Crippen molar-refractivity contribution in [2.24, 2.45) is 0 Å². The summed E-state index contributed by atoms with van der Waals surface area (Å²) in [7, 11) is 0. The molecule has 1 heteroatoms. The summed E-state index contributed by atoms with van der Waals surface area (Å²) in [4.78, 5) is 2.50. The van der Waals surface area contributed by atoms with Gasteiger partial charge in [0, 0.05) is 23.0 Å². The second-order valence-electron chi connectivity index (χ2n) is 13.9. The van der Waals surface area contributed by atoms with Crippen molar-refractivity contribution in [2.75, 3.05) is 4.90 Å². The van der Waals surface area contributed by atoms with E-state index in [1.807, 2.05) is 0 Å². The van der Waals surface area contributed by atoms with E-state index in [0.717, 1.165) is 17.8 Å². The summed E-state index contributed by atoms with van der Waals surface area (Å²) in [5.41, 5.74) is 14.6. The molecule has 0 saturated heterocycles. The summed E-state index contributed by atoms with van der Waals surface area (Å²) in [5, 5.41) is 2.50. The Morgan fingerprint density at radius 3 is 2.23 bits per heavy atom. The molecule has 0 amide bonds. The van der Waals surface area contributed by atoms with Crippen LogP contribution >= 0.6 is 0 Å². The fraction of sp³-hybridized carbons (Fsp3) is 0.137. The first-order valence-corrected chi connectivity index (χ1v) is 18.6. The average molecular weight is 672 g/mol. The minimum Gasteiger partial charge on any atom is -0.310 e. The normalized spacial score (nSPS) is 18.0. The molecule has 0 fully saturated rings. The van der Waals surface area contributed by atoms with Crippen molar-refractivity contribution in [3.63, 3.8) is 0 Å². The number of allylic oxidation sites excluding steroid dienone is 9. The van der Waals surface area contributed by atoms with Crippen LogP contribution in [0.4, 0.5) is 17.1 Å². The molecule has 0 N–H and O–H groups in total. The zero-order chi connectivity index (χ0) is 35.7. The summed E-state index contributed by atoms with van der Waals surface area (Å²) in [6.07, 6.45) is 21.1. The van der Waals surface area contributed by atoms with Crippen LogP contribution in [-0.2, 0) is 5.41 Å². The number of hydrogen-bond acceptors (Lipinski definition) is 1. The zero-order valence-electron chi connectivity index (χ0n) is 30.6. The molecule has 6 aromatic carbocycles. The van der Waals surface area contributed by atoms with Gasteiger partial charge in [-0.3, -0.25) is 0 Å². The van der Waals surface area contributed by atoms with Gasteiger partial charge < -0.3 is 4.90 Å². The molecule has 52 heavy (non-hydrogen) atoms. The second-order valence-corrected chi connectivity index (χ2v) is 13.9. The van der Waals surface area contributed by atoms with Crippen LogP contribution in [0.3, 0.4) is 0 Å². The fourth-order valence-electron chi connectivity index (χ4n) is 8.72. The van der Waals surface area contributed by atoms with E-state index >= 15 is 0 Å². The lowest BCUT2D eigenvalue weighted by Gasteiger charge is -2.36. The van der Waals surface area contributed by atoms with Gasteiger partial charge in [0.1, 0.15) is 0 Å². The third-order valence-corrected chi connectivity index (χ3v) is 11.0. The number of para-hydroxylation sites is 1. The van der Waals surface area contributed by atoms with E-state index in [4.69, 9.17) is 0 Å². The molecule has 0 aliphatic heterocycles. The van der Waals surface area contributed by atoms with E-state index in [2.05, 4.69) is 215 Å². The molecule has 2 unspecified atom stereocenters. The smallest absolute Gasteiger partial charge is 0.0711 e. The van der Waals surface area contributed by atoms with Gasteiger partial charge in [0.2, 0.25) is 0 Å². The molecule has 0 heterocycles. The van der Waals surface area contributed by atoms with E-state index in [-0.39, 0.29) is 0 Å². The summed E-state index contributed by atoms with van der Waals surface area (Å²) in [6.45, 7) is 8.59. The Balaban J connectivity index is 1.43. The topological polar surface area (TPSA) is 3.24 Å². The van der Waals surface area contributed by atoms with E-state index in [1.165, 1.54) is 66.5 Å². The first-order chi connectivity index (χ1) is 25.6. The molecular formula is C51H45N. The van der Waals surface area contributed by atoms with Gasteiger partial charge in [-0.1, -0.05) is 152 Å². The summed E-state index contributed by atoms with van der Waals surface area (Å²) in [6, 6.07) is 47.8. The van der Waals surface area contributed by atoms with Crippen molar-refractivity contribution >= 4 is 33.9 Å². The predicted octanol–water partition coefficient (Wildman–Crippen LogP) is 14.1. The molecule has 0 saturated carbocycles. The molecule has 0 aromatic heterocycles. The van der Waals surface area contributed by atoms with Crippen LogP contribution < -0.4 is 4.90 Å². The lowest BCUT2D eigenvalue weighted by molar-refractivity contribution is 0.764. The minimum absolute atomic E-state index is 0.291. The van der Waals surface area contributed by atoms with Gasteiger partial charge in [0.25, 0.3) is 0 Å². The highest BCUT2D eigenvalue weighted by Gasteiger charge is 2.46. The van der Waals surface area contributed by atoms with Gasteiger partial charge in [-0.05, 0) is 125 Å². The first-order valence-electron chi connectivity index (χ1n) is 18.6. The lowest BCUT2D eigenvalue weighted by atomic mass is 9.67. The molecule has 0 bridgehead atoms. The van der Waals surface area contributed by atoms with Gasteiger partial charge >= 0.3 is 0 Å². The lowest BCUT2D eigenvalue weighted by Crippen LogP contribution is -2.29. The van der Waals surface area contributed by atoms with Crippen LogP contribution in [0.1, 0.15) is 66.5 Å². The van der Waals surface area contributed by atoms with Crippen LogP contribution in [0.25, 0.3) is 28.0 Å². The highest BCUT2D eigenvalue weighted by atomic mass is 15.1. The number of fused-ring (bicyclic) bond motifs is 4. The van der Waals surface area contributed by atoms with Crippen molar-refractivity contribution < 1.29 is 0 Å². The van der Waals surface area contributed by atoms with Crippen molar-refractivity contribution in [3.05, 3.63) is 215 Å². The van der Waals surface area contributed by atoms with Crippen molar-refractivity contribution in [1.29, 1.82) is 0 Å². The molecule has 1 nitrogen and oxygen atoms in total. The highest BCUT2D eigenvalue weighted by molar-refractivity contribution is 5.96. The Labute approximate surface area is 309 Å². The summed E-state index contributed by atoms with van der Waals surface area (Å²) < 4.78 is 0. The summed E-state index contributed by atoms with van der Waals surface area (Å²) in [5.74, 6) is 0.291. The van der Waals surface area contributed by atoms with Crippen molar-refractivity contribution in [1.82, 2.24) is 0 Å². The molecule has 6 aromatic rings. The third-order valence-electron chi connectivity index (χ3n) is 11.0. The Kier molecular flexibility index (Phi) is 8.95. The fourth-order valence-corrected chi connectivity index (χ4v) is 8.72. The van der Waals surface area contributed by atoms with Gasteiger partial charge in [-0.25, -0.2) is 0 Å². The Morgan fingerprint density at radius 1 is 0.692 bits per heavy atom. The molecule has 2 atom stereocenters. The molecule has 254 valence electrons. The second kappa shape index (κ2) is 14.0. The van der Waals surface area contributed by atoms with Crippen molar-refractivity contribution in [3.8, 4) is 11.1 Å². The maximum absolute atomic E-state index is 2.50. The zero-order valence-corrected chi connectivity index (χ0v) is 30.6. The molecule has 2 aliphatic rings. The minimum atomic E-state index is -0.477. The molecule has 8 rings (SSSR count). The molecule has 2 aliphatic carbocycles. The Morgan fingerprint density at radius 2 is 1.44 bits per heavy atom. The summed E-state index contributed by atoms with van der Waals surface area (Å²) >= 11 is 0. The number of aryl methyl sites for hydroxylation is 1. The van der Waals surface area contributed by atoms with Gasteiger partial charge in [-0.2, -0.15) is 0 Å². The van der Waals surface area contributed by atoms with E-state index in [1.54, 1.807) is 0 Å². The monoisotopic (exact) mass is 671 g/mol. The number of anilines is 3. The maximum Gasteiger partial charge on any atom is 0.0711 e. The van der Waals surface area contributed by atoms with Crippen LogP contribution in [0, 0.1) is 6.92 Å². The Hall–Kier alpha value is -5.92. The number of hydrogen-bond donors (Lipinski definition) is 0. The number of benzene rings is 6. The maximum atomic E-state index is 2.50. The average Bonchev–Trinajstić information content (AvgIpc) is 3.49. The quantitative estimate of drug-likeness (QED) is 0.146. The van der Waals surface area contributed by atoms with E-state index in [9.17, 15) is 0 Å². The largest absolute Gasteiger partial charge is 0.310 e. The van der Waals surface area contributed by atoms with Crippen LogP contribution in [0.15, 0.2) is 182 Å². The van der Waals surface area contributed by atoms with Crippen LogP contribution in [0.2, 0.25) is 0 Å². The van der Waals surface area contributed by atoms with Crippen LogP contribution in [-0.4, -0.2) is 0 Å². The molecular weight excluding hydrogens is 627 g/mol. The first kappa shape index (κ1) is 33.2. The van der Waals surface area contributed by atoms with E-state index in [0.29, 0.717) is 5.92 Å². The number of nitrogens with zero attached hydrogens (tertiary/aromatic N) is 1. The molecule has 0 radical (unpaired) electrons. The molecule has 0 spiro atoms. The van der Waals surface area contributed by atoms with Crippen molar-refractivity contribution in [2.45, 2.75) is 45.4 Å². The van der Waals surface area contributed by atoms with Gasteiger partial charge in [-0.15, -0.1) is 0 Å². The van der Waals surface area contributed by atoms with E-state index < -0.39 is 5.41 Å². The Bertz CT molecular complexity index is 2440. The van der Waals surface area contributed by atoms with Gasteiger partial charge in [0.15, 0.2) is 0 Å². The SMILES string of the molecule is C/C=C\C(=C/C)C1(c2ccccc2)c2ccccc2-c2ccc(N(c3ccc4c(/C=C\C)c(C)ccc4c3)c3ccccc3C3C=CC=CC3)cc21. The van der Waals surface area contributed by atoms with Crippen LogP contribution in [0.5, 0.6) is 0 Å². The number of rotatable bonds is 8. The predicted molar refractivity (Wildman–Crippen MR) is 224 cm³/mol. The third kappa shape index (κ3) is 5.40.